The molecule has 166 valence electrons. The van der Waals surface area contributed by atoms with Crippen molar-refractivity contribution in [3.05, 3.63) is 29.8 Å². The van der Waals surface area contributed by atoms with E-state index in [0.717, 1.165) is 18.7 Å². The summed E-state index contributed by atoms with van der Waals surface area (Å²) in [6, 6.07) is 6.89. The van der Waals surface area contributed by atoms with Crippen LogP contribution in [-0.2, 0) is 21.3 Å². The van der Waals surface area contributed by atoms with Gasteiger partial charge in [0.1, 0.15) is 0 Å². The number of aliphatic imine (C=N–C) groups is 1. The van der Waals surface area contributed by atoms with Crippen LogP contribution in [0.3, 0.4) is 0 Å². The standard InChI is InChI=1S/C19H33N5O3S.HI/c1-20-19(21-9-13-24-11-4-3-5-12-24)22-16-17-7-6-8-18(15-17)28(25,26)23-10-14-27-2;/h6-8,15,23H,3-5,9-14,16H2,1-2H3,(H2,20,21,22);1H. The second-order valence-electron chi connectivity index (χ2n) is 6.79. The Bertz CT molecular complexity index is 724. The molecule has 0 bridgehead atoms. The average Bonchev–Trinajstić information content (AvgIpc) is 2.71. The monoisotopic (exact) mass is 539 g/mol. The van der Waals surface area contributed by atoms with Crippen molar-refractivity contribution in [1.82, 2.24) is 20.3 Å². The highest BCUT2D eigenvalue weighted by Gasteiger charge is 2.14. The molecule has 1 aliphatic heterocycles. The minimum atomic E-state index is -3.53. The van der Waals surface area contributed by atoms with Crippen LogP contribution in [0.4, 0.5) is 0 Å². The number of piperidine rings is 1. The van der Waals surface area contributed by atoms with Gasteiger partial charge in [-0.1, -0.05) is 18.6 Å². The van der Waals surface area contributed by atoms with Gasteiger partial charge in [-0.05, 0) is 43.6 Å². The Labute approximate surface area is 191 Å². The highest BCUT2D eigenvalue weighted by Crippen LogP contribution is 2.11. The van der Waals surface area contributed by atoms with E-state index in [1.165, 1.54) is 39.5 Å². The molecule has 0 atom stereocenters. The van der Waals surface area contributed by atoms with Crippen molar-refractivity contribution >= 4 is 40.0 Å². The third-order valence-electron chi connectivity index (χ3n) is 4.66. The second kappa shape index (κ2) is 14.1. The number of benzene rings is 1. The van der Waals surface area contributed by atoms with Gasteiger partial charge in [-0.25, -0.2) is 13.1 Å². The van der Waals surface area contributed by atoms with E-state index in [-0.39, 0.29) is 35.4 Å². The summed E-state index contributed by atoms with van der Waals surface area (Å²) < 4.78 is 32.0. The van der Waals surface area contributed by atoms with Gasteiger partial charge in [0.15, 0.2) is 5.96 Å². The van der Waals surface area contributed by atoms with Crippen molar-refractivity contribution in [2.75, 3.05) is 53.5 Å². The van der Waals surface area contributed by atoms with Gasteiger partial charge in [-0.3, -0.25) is 4.99 Å². The molecule has 1 fully saturated rings. The largest absolute Gasteiger partial charge is 0.383 e. The van der Waals surface area contributed by atoms with E-state index >= 15 is 0 Å². The van der Waals surface area contributed by atoms with E-state index in [1.807, 2.05) is 6.07 Å². The molecule has 3 N–H and O–H groups in total. The van der Waals surface area contributed by atoms with Crippen molar-refractivity contribution in [1.29, 1.82) is 0 Å². The number of likely N-dealkylation sites (tertiary alicyclic amines) is 1. The quantitative estimate of drug-likeness (QED) is 0.180. The lowest BCUT2D eigenvalue weighted by atomic mass is 10.1. The Balaban J connectivity index is 0.00000420. The number of methoxy groups -OCH3 is 1. The average molecular weight is 539 g/mol. The maximum absolute atomic E-state index is 12.3. The van der Waals surface area contributed by atoms with Crippen molar-refractivity contribution in [2.45, 2.75) is 30.7 Å². The normalized spacial score (nSPS) is 15.6. The van der Waals surface area contributed by atoms with Gasteiger partial charge >= 0.3 is 0 Å². The predicted octanol–water partition coefficient (Wildman–Crippen LogP) is 1.38. The van der Waals surface area contributed by atoms with Crippen LogP contribution in [0.2, 0.25) is 0 Å². The first-order valence-corrected chi connectivity index (χ1v) is 11.3. The fourth-order valence-electron chi connectivity index (χ4n) is 3.11. The van der Waals surface area contributed by atoms with E-state index in [0.29, 0.717) is 19.1 Å². The predicted molar refractivity (Wildman–Crippen MR) is 127 cm³/mol. The first-order valence-electron chi connectivity index (χ1n) is 9.79. The fourth-order valence-corrected chi connectivity index (χ4v) is 4.19. The number of hydrogen-bond acceptors (Lipinski definition) is 5. The van der Waals surface area contributed by atoms with Gasteiger partial charge in [0, 0.05) is 40.3 Å². The zero-order valence-electron chi connectivity index (χ0n) is 17.3. The van der Waals surface area contributed by atoms with Crippen molar-refractivity contribution < 1.29 is 13.2 Å². The zero-order chi connectivity index (χ0) is 20.2. The summed E-state index contributed by atoms with van der Waals surface area (Å²) in [6.07, 6.45) is 3.91. The van der Waals surface area contributed by atoms with E-state index in [4.69, 9.17) is 4.74 Å². The molecule has 1 aromatic carbocycles. The van der Waals surface area contributed by atoms with E-state index in [1.54, 1.807) is 25.2 Å². The third kappa shape index (κ3) is 9.60. The van der Waals surface area contributed by atoms with Crippen LogP contribution >= 0.6 is 24.0 Å². The zero-order valence-corrected chi connectivity index (χ0v) is 20.5. The topological polar surface area (TPSA) is 95.1 Å². The molecule has 1 aliphatic rings. The van der Waals surface area contributed by atoms with Crippen LogP contribution in [0.1, 0.15) is 24.8 Å². The fraction of sp³-hybridized carbons (Fsp3) is 0.632. The minimum absolute atomic E-state index is 0. The van der Waals surface area contributed by atoms with Crippen molar-refractivity contribution in [3.63, 3.8) is 0 Å². The number of nitrogens with one attached hydrogen (secondary N) is 3. The van der Waals surface area contributed by atoms with Crippen LogP contribution in [0, 0.1) is 0 Å². The Morgan fingerprint density at radius 2 is 1.93 bits per heavy atom. The molecule has 0 unspecified atom stereocenters. The summed E-state index contributed by atoms with van der Waals surface area (Å²) in [6.45, 7) is 5.25. The maximum Gasteiger partial charge on any atom is 0.240 e. The lowest BCUT2D eigenvalue weighted by Crippen LogP contribution is -2.42. The molecule has 1 heterocycles. The van der Waals surface area contributed by atoms with Gasteiger partial charge < -0.3 is 20.3 Å². The van der Waals surface area contributed by atoms with Crippen LogP contribution in [0.25, 0.3) is 0 Å². The van der Waals surface area contributed by atoms with Crippen LogP contribution in [-0.4, -0.2) is 72.8 Å². The summed E-state index contributed by atoms with van der Waals surface area (Å²) in [5, 5.41) is 6.56. The smallest absolute Gasteiger partial charge is 0.240 e. The SMILES string of the molecule is CN=C(NCCN1CCCCC1)NCc1cccc(S(=O)(=O)NCCOC)c1.I. The minimum Gasteiger partial charge on any atom is -0.383 e. The van der Waals surface area contributed by atoms with Gasteiger partial charge in [-0.2, -0.15) is 0 Å². The summed E-state index contributed by atoms with van der Waals surface area (Å²) in [5.41, 5.74) is 0.869. The summed E-state index contributed by atoms with van der Waals surface area (Å²) in [4.78, 5) is 6.95. The number of rotatable bonds is 10. The Hall–Kier alpha value is -0.950. The Morgan fingerprint density at radius 3 is 2.62 bits per heavy atom. The van der Waals surface area contributed by atoms with Crippen LogP contribution in [0.5, 0.6) is 0 Å². The molecule has 1 saturated heterocycles. The van der Waals surface area contributed by atoms with Crippen molar-refractivity contribution in [2.24, 2.45) is 4.99 Å². The van der Waals surface area contributed by atoms with Crippen LogP contribution in [0.15, 0.2) is 34.2 Å². The number of halogens is 1. The molecule has 0 amide bonds. The molecular weight excluding hydrogens is 505 g/mol. The number of guanidine groups is 1. The lowest BCUT2D eigenvalue weighted by molar-refractivity contribution is 0.204. The summed E-state index contributed by atoms with van der Waals surface area (Å²) >= 11 is 0. The highest BCUT2D eigenvalue weighted by atomic mass is 127. The summed E-state index contributed by atoms with van der Waals surface area (Å²) in [5.74, 6) is 0.712. The molecule has 0 saturated carbocycles. The molecule has 8 nitrogen and oxygen atoms in total. The molecule has 0 aliphatic carbocycles. The molecule has 0 spiro atoms. The molecule has 10 heteroatoms. The number of nitrogens with zero attached hydrogens (tertiary/aromatic N) is 2. The lowest BCUT2D eigenvalue weighted by Gasteiger charge is -2.26. The molecule has 2 rings (SSSR count). The first-order chi connectivity index (χ1) is 13.5. The van der Waals surface area contributed by atoms with E-state index in [9.17, 15) is 8.42 Å². The third-order valence-corrected chi connectivity index (χ3v) is 6.12. The molecular formula is C19H34IN5O3S. The van der Waals surface area contributed by atoms with Crippen molar-refractivity contribution in [3.8, 4) is 0 Å². The van der Waals surface area contributed by atoms with E-state index in [2.05, 4.69) is 25.2 Å². The molecule has 0 aromatic heterocycles. The Morgan fingerprint density at radius 1 is 1.17 bits per heavy atom. The maximum atomic E-state index is 12.3. The van der Waals surface area contributed by atoms with Gasteiger partial charge in [0.05, 0.1) is 11.5 Å². The van der Waals surface area contributed by atoms with Gasteiger partial charge in [0.25, 0.3) is 0 Å². The summed E-state index contributed by atoms with van der Waals surface area (Å²) in [7, 11) is -0.266. The first kappa shape index (κ1) is 26.1. The second-order valence-corrected chi connectivity index (χ2v) is 8.56. The number of sulfonamides is 1. The molecule has 29 heavy (non-hydrogen) atoms. The highest BCUT2D eigenvalue weighted by molar-refractivity contribution is 14.0. The van der Waals surface area contributed by atoms with Gasteiger partial charge in [0.2, 0.25) is 10.0 Å². The molecule has 0 radical (unpaired) electrons. The number of hydrogen-bond donors (Lipinski definition) is 3. The number of ether oxygens (including phenoxy) is 1. The van der Waals surface area contributed by atoms with Gasteiger partial charge in [-0.15, -0.1) is 24.0 Å². The Kier molecular flexibility index (Phi) is 12.7. The van der Waals surface area contributed by atoms with Crippen LogP contribution < -0.4 is 15.4 Å². The van der Waals surface area contributed by atoms with E-state index < -0.39 is 10.0 Å². The molecule has 1 aromatic rings.